The number of hydrogen-bond donors (Lipinski definition) is 2. The largest absolute Gasteiger partial charge is 0.496 e. The van der Waals surface area contributed by atoms with Crippen LogP contribution in [-0.4, -0.2) is 42.2 Å². The molecular formula is C13H19BO4S. The minimum Gasteiger partial charge on any atom is -0.496 e. The van der Waals surface area contributed by atoms with E-state index in [1.165, 1.54) is 0 Å². The first-order valence-electron chi connectivity index (χ1n) is 6.38. The highest BCUT2D eigenvalue weighted by molar-refractivity contribution is 7.99. The summed E-state index contributed by atoms with van der Waals surface area (Å²) in [5, 5.41) is 18.9. The molecule has 1 heterocycles. The topological polar surface area (TPSA) is 58.9 Å². The van der Waals surface area contributed by atoms with Gasteiger partial charge in [-0.1, -0.05) is 12.1 Å². The standard InChI is InChI=1S/C13H19BO4S/c1-9-13(5-6-18-9)19-8-10-7-11(14(15)16)3-4-12(10)17-2/h3-4,7,9,13,15-16H,5-6,8H2,1-2H3. The molecule has 2 atom stereocenters. The second-order valence-corrected chi connectivity index (χ2v) is 5.89. The molecule has 0 radical (unpaired) electrons. The monoisotopic (exact) mass is 282 g/mol. The average molecular weight is 282 g/mol. The van der Waals surface area contributed by atoms with Crippen molar-refractivity contribution in [1.82, 2.24) is 0 Å². The minimum absolute atomic E-state index is 0.280. The Balaban J connectivity index is 2.06. The van der Waals surface area contributed by atoms with Gasteiger partial charge in [0, 0.05) is 23.2 Å². The van der Waals surface area contributed by atoms with Crippen molar-refractivity contribution in [3.8, 4) is 5.75 Å². The SMILES string of the molecule is COc1ccc(B(O)O)cc1CSC1CCOC1C. The van der Waals surface area contributed by atoms with Crippen molar-refractivity contribution in [1.29, 1.82) is 0 Å². The molecule has 4 nitrogen and oxygen atoms in total. The predicted octanol–water partition coefficient (Wildman–Crippen LogP) is 0.786. The van der Waals surface area contributed by atoms with Crippen LogP contribution in [0, 0.1) is 0 Å². The molecule has 19 heavy (non-hydrogen) atoms. The van der Waals surface area contributed by atoms with Crippen LogP contribution in [0.15, 0.2) is 18.2 Å². The fourth-order valence-electron chi connectivity index (χ4n) is 2.20. The average Bonchev–Trinajstić information content (AvgIpc) is 2.81. The third kappa shape index (κ3) is 3.66. The third-order valence-corrected chi connectivity index (χ3v) is 4.89. The van der Waals surface area contributed by atoms with Crippen molar-refractivity contribution in [3.63, 3.8) is 0 Å². The van der Waals surface area contributed by atoms with E-state index >= 15 is 0 Å². The first kappa shape index (κ1) is 14.7. The number of hydrogen-bond acceptors (Lipinski definition) is 5. The highest BCUT2D eigenvalue weighted by Gasteiger charge is 2.25. The molecule has 1 fully saturated rings. The summed E-state index contributed by atoms with van der Waals surface area (Å²) in [6, 6.07) is 5.23. The van der Waals surface area contributed by atoms with Gasteiger partial charge in [-0.15, -0.1) is 0 Å². The van der Waals surface area contributed by atoms with Gasteiger partial charge in [0.1, 0.15) is 5.75 Å². The van der Waals surface area contributed by atoms with E-state index < -0.39 is 7.12 Å². The van der Waals surface area contributed by atoms with E-state index in [1.807, 2.05) is 11.8 Å². The fourth-order valence-corrected chi connectivity index (χ4v) is 3.43. The van der Waals surface area contributed by atoms with Crippen molar-refractivity contribution in [3.05, 3.63) is 23.8 Å². The molecule has 2 unspecified atom stereocenters. The summed E-state index contributed by atoms with van der Waals surface area (Å²) in [6.45, 7) is 2.92. The number of benzene rings is 1. The van der Waals surface area contributed by atoms with Gasteiger partial charge in [-0.05, 0) is 24.9 Å². The van der Waals surface area contributed by atoms with E-state index in [1.54, 1.807) is 25.3 Å². The Morgan fingerprint density at radius 3 is 2.84 bits per heavy atom. The second kappa shape index (κ2) is 6.66. The molecule has 1 aromatic rings. The molecule has 2 rings (SSSR count). The van der Waals surface area contributed by atoms with Crippen molar-refractivity contribution in [2.45, 2.75) is 30.5 Å². The van der Waals surface area contributed by atoms with Crippen LogP contribution in [0.4, 0.5) is 0 Å². The van der Waals surface area contributed by atoms with E-state index in [2.05, 4.69) is 6.92 Å². The molecule has 0 bridgehead atoms. The maximum atomic E-state index is 9.22. The zero-order valence-electron chi connectivity index (χ0n) is 11.2. The van der Waals surface area contributed by atoms with Gasteiger partial charge in [-0.3, -0.25) is 0 Å². The molecule has 0 saturated carbocycles. The summed E-state index contributed by atoms with van der Waals surface area (Å²) in [7, 11) is 0.184. The van der Waals surface area contributed by atoms with Gasteiger partial charge in [-0.2, -0.15) is 11.8 Å². The highest BCUT2D eigenvalue weighted by atomic mass is 32.2. The zero-order valence-corrected chi connectivity index (χ0v) is 12.0. The van der Waals surface area contributed by atoms with E-state index in [0.29, 0.717) is 10.7 Å². The van der Waals surface area contributed by atoms with Gasteiger partial charge in [-0.25, -0.2) is 0 Å². The Bertz CT molecular complexity index is 427. The smallest absolute Gasteiger partial charge is 0.488 e. The van der Waals surface area contributed by atoms with Crippen LogP contribution in [-0.2, 0) is 10.5 Å². The van der Waals surface area contributed by atoms with Crippen LogP contribution in [0.2, 0.25) is 0 Å². The molecule has 0 aromatic heterocycles. The summed E-state index contributed by atoms with van der Waals surface area (Å²) < 4.78 is 10.9. The van der Waals surface area contributed by atoms with Gasteiger partial charge in [0.15, 0.2) is 0 Å². The first-order valence-corrected chi connectivity index (χ1v) is 7.43. The summed E-state index contributed by atoms with van der Waals surface area (Å²) in [5.41, 5.74) is 1.48. The molecular weight excluding hydrogens is 263 g/mol. The zero-order chi connectivity index (χ0) is 13.8. The van der Waals surface area contributed by atoms with Gasteiger partial charge >= 0.3 is 7.12 Å². The first-order chi connectivity index (χ1) is 9.11. The predicted molar refractivity (Wildman–Crippen MR) is 77.9 cm³/mol. The third-order valence-electron chi connectivity index (χ3n) is 3.36. The Morgan fingerprint density at radius 1 is 1.47 bits per heavy atom. The lowest BCUT2D eigenvalue weighted by Gasteiger charge is -2.15. The number of thioether (sulfide) groups is 1. The lowest BCUT2D eigenvalue weighted by molar-refractivity contribution is 0.127. The normalized spacial score (nSPS) is 22.5. The van der Waals surface area contributed by atoms with Crippen molar-refractivity contribution < 1.29 is 19.5 Å². The molecule has 1 saturated heterocycles. The molecule has 104 valence electrons. The Labute approximate surface area is 118 Å². The van der Waals surface area contributed by atoms with Gasteiger partial charge in [0.25, 0.3) is 0 Å². The van der Waals surface area contributed by atoms with Gasteiger partial charge in [0.2, 0.25) is 0 Å². The van der Waals surface area contributed by atoms with E-state index in [0.717, 1.165) is 30.1 Å². The lowest BCUT2D eigenvalue weighted by Crippen LogP contribution is -2.30. The number of rotatable bonds is 5. The molecule has 0 amide bonds. The molecule has 0 spiro atoms. The summed E-state index contributed by atoms with van der Waals surface area (Å²) in [5.74, 6) is 1.56. The Morgan fingerprint density at radius 2 is 2.26 bits per heavy atom. The van der Waals surface area contributed by atoms with Crippen molar-refractivity contribution >= 4 is 24.3 Å². The van der Waals surface area contributed by atoms with Gasteiger partial charge in [0.05, 0.1) is 13.2 Å². The van der Waals surface area contributed by atoms with Crippen LogP contribution >= 0.6 is 11.8 Å². The van der Waals surface area contributed by atoms with E-state index in [-0.39, 0.29) is 6.10 Å². The lowest BCUT2D eigenvalue weighted by atomic mass is 9.79. The summed E-state index contributed by atoms with van der Waals surface area (Å²) in [6.07, 6.45) is 1.35. The van der Waals surface area contributed by atoms with Crippen molar-refractivity contribution in [2.75, 3.05) is 13.7 Å². The van der Waals surface area contributed by atoms with E-state index in [4.69, 9.17) is 9.47 Å². The van der Waals surface area contributed by atoms with E-state index in [9.17, 15) is 10.0 Å². The number of ether oxygens (including phenoxy) is 2. The van der Waals surface area contributed by atoms with Crippen LogP contribution in [0.5, 0.6) is 5.75 Å². The maximum Gasteiger partial charge on any atom is 0.488 e. The number of methoxy groups -OCH3 is 1. The van der Waals surface area contributed by atoms with Crippen LogP contribution < -0.4 is 10.2 Å². The molecule has 6 heteroatoms. The Kier molecular flexibility index (Phi) is 5.16. The minimum atomic E-state index is -1.44. The molecule has 1 aromatic carbocycles. The van der Waals surface area contributed by atoms with Gasteiger partial charge < -0.3 is 19.5 Å². The summed E-state index contributed by atoms with van der Waals surface area (Å²) in [4.78, 5) is 0. The quantitative estimate of drug-likeness (QED) is 0.782. The fraction of sp³-hybridized carbons (Fsp3) is 0.538. The molecule has 1 aliphatic heterocycles. The maximum absolute atomic E-state index is 9.22. The molecule has 0 aliphatic carbocycles. The van der Waals surface area contributed by atoms with Crippen LogP contribution in [0.25, 0.3) is 0 Å². The van der Waals surface area contributed by atoms with Crippen LogP contribution in [0.3, 0.4) is 0 Å². The molecule has 2 N–H and O–H groups in total. The second-order valence-electron chi connectivity index (χ2n) is 4.66. The van der Waals surface area contributed by atoms with Crippen LogP contribution in [0.1, 0.15) is 18.9 Å². The highest BCUT2D eigenvalue weighted by Crippen LogP contribution is 2.31. The molecule has 1 aliphatic rings. The Hall–Kier alpha value is -0.685. The summed E-state index contributed by atoms with van der Waals surface area (Å²) >= 11 is 1.83. The van der Waals surface area contributed by atoms with Crippen molar-refractivity contribution in [2.24, 2.45) is 0 Å².